The Bertz CT molecular complexity index is 1560. The Labute approximate surface area is 213 Å². The lowest BCUT2D eigenvalue weighted by Crippen LogP contribution is -2.24. The summed E-state index contributed by atoms with van der Waals surface area (Å²) in [5.41, 5.74) is 5.31. The summed E-state index contributed by atoms with van der Waals surface area (Å²) >= 11 is 0. The Hall–Kier alpha value is -4.48. The van der Waals surface area contributed by atoms with Gasteiger partial charge in [-0.15, -0.1) is 0 Å². The Morgan fingerprint density at radius 2 is 1.46 bits per heavy atom. The van der Waals surface area contributed by atoms with Gasteiger partial charge in [-0.2, -0.15) is 10.4 Å². The van der Waals surface area contributed by atoms with Crippen LogP contribution in [0.3, 0.4) is 0 Å². The Balaban J connectivity index is 1.74. The maximum absolute atomic E-state index is 13.9. The molecule has 0 saturated heterocycles. The van der Waals surface area contributed by atoms with Gasteiger partial charge in [-0.25, -0.2) is 13.8 Å². The van der Waals surface area contributed by atoms with Crippen molar-refractivity contribution < 1.29 is 8.78 Å². The number of nitrogens with zero attached hydrogens (tertiary/aromatic N) is 6. The van der Waals surface area contributed by atoms with Crippen LogP contribution in [0, 0.1) is 23.0 Å². The van der Waals surface area contributed by atoms with Crippen molar-refractivity contribution in [3.05, 3.63) is 90.9 Å². The van der Waals surface area contributed by atoms with Crippen LogP contribution in [0.5, 0.6) is 0 Å². The van der Waals surface area contributed by atoms with Crippen molar-refractivity contribution in [1.82, 2.24) is 24.6 Å². The number of hydrogen-bond acceptors (Lipinski definition) is 5. The molecule has 6 nitrogen and oxygen atoms in total. The van der Waals surface area contributed by atoms with Crippen molar-refractivity contribution in [3.63, 3.8) is 0 Å². The molecule has 0 atom stereocenters. The van der Waals surface area contributed by atoms with Crippen molar-refractivity contribution in [2.24, 2.45) is 0 Å². The number of hydrogen-bond donors (Lipinski definition) is 0. The monoisotopic (exact) mass is 494 g/mol. The highest BCUT2D eigenvalue weighted by atomic mass is 19.1. The van der Waals surface area contributed by atoms with E-state index in [1.807, 2.05) is 30.1 Å². The van der Waals surface area contributed by atoms with Crippen molar-refractivity contribution in [1.29, 1.82) is 5.26 Å². The number of nitriles is 1. The number of rotatable bonds is 8. The van der Waals surface area contributed by atoms with Gasteiger partial charge in [-0.3, -0.25) is 9.67 Å². The molecule has 8 heteroatoms. The van der Waals surface area contributed by atoms with E-state index in [1.165, 1.54) is 24.3 Å². The molecule has 0 aliphatic heterocycles. The maximum Gasteiger partial charge on any atom is 0.182 e. The Kier molecular flexibility index (Phi) is 6.97. The van der Waals surface area contributed by atoms with E-state index in [4.69, 9.17) is 15.3 Å². The predicted molar refractivity (Wildman–Crippen MR) is 139 cm³/mol. The molecule has 0 spiro atoms. The molecule has 0 fully saturated rings. The second kappa shape index (κ2) is 10.6. The summed E-state index contributed by atoms with van der Waals surface area (Å²) in [6, 6.07) is 18.5. The summed E-state index contributed by atoms with van der Waals surface area (Å²) < 4.78 is 29.5. The minimum Gasteiger partial charge on any atom is -0.304 e. The number of aromatic nitrogens is 4. The average molecular weight is 495 g/mol. The van der Waals surface area contributed by atoms with E-state index in [-0.39, 0.29) is 11.6 Å². The smallest absolute Gasteiger partial charge is 0.182 e. The van der Waals surface area contributed by atoms with E-state index in [0.717, 1.165) is 33.2 Å². The molecule has 0 amide bonds. The van der Waals surface area contributed by atoms with Gasteiger partial charge in [0.25, 0.3) is 0 Å². The van der Waals surface area contributed by atoms with E-state index in [1.54, 1.807) is 36.7 Å². The average Bonchev–Trinajstić information content (AvgIpc) is 3.34. The maximum atomic E-state index is 13.9. The summed E-state index contributed by atoms with van der Waals surface area (Å²) in [4.78, 5) is 11.2. The zero-order valence-corrected chi connectivity index (χ0v) is 20.3. The number of likely N-dealkylation sites (N-methyl/N-ethyl adjacent to an activating group) is 1. The van der Waals surface area contributed by atoms with Gasteiger partial charge in [0.1, 0.15) is 11.6 Å². The molecule has 3 heterocycles. The van der Waals surface area contributed by atoms with Crippen molar-refractivity contribution >= 4 is 11.0 Å². The summed E-state index contributed by atoms with van der Waals surface area (Å²) in [5.74, 6) is -0.659. The van der Waals surface area contributed by atoms with Gasteiger partial charge in [0.2, 0.25) is 0 Å². The van der Waals surface area contributed by atoms with Crippen LogP contribution in [0.25, 0.3) is 44.5 Å². The lowest BCUT2D eigenvalue weighted by molar-refractivity contribution is 0.319. The quantitative estimate of drug-likeness (QED) is 0.267. The van der Waals surface area contributed by atoms with Crippen LogP contribution in [0.2, 0.25) is 0 Å². The van der Waals surface area contributed by atoms with Gasteiger partial charge in [0.05, 0.1) is 18.3 Å². The lowest BCUT2D eigenvalue weighted by atomic mass is 9.90. The zero-order valence-electron chi connectivity index (χ0n) is 20.3. The molecular formula is C29H24F2N6. The van der Waals surface area contributed by atoms with Gasteiger partial charge < -0.3 is 4.90 Å². The molecule has 2 aromatic carbocycles. The molecule has 3 aromatic heterocycles. The predicted octanol–water partition coefficient (Wildman–Crippen LogP) is 5.95. The molecule has 184 valence electrons. The van der Waals surface area contributed by atoms with Crippen LogP contribution in [-0.2, 0) is 6.54 Å². The molecule has 0 N–H and O–H groups in total. The first kappa shape index (κ1) is 24.2. The summed E-state index contributed by atoms with van der Waals surface area (Å²) in [7, 11) is 1.97. The number of halogens is 2. The first-order valence-corrected chi connectivity index (χ1v) is 11.9. The topological polar surface area (TPSA) is 70.6 Å². The minimum atomic E-state index is -0.334. The number of fused-ring (bicyclic) bond motifs is 1. The standard InChI is InChI=1S/C29H24F2N6/c1-36(16-2-13-32)17-18-37-19-25-26(20-3-7-23(30)8-4-20)27(21-11-14-33-15-12-21)28(34-29(25)35-37)22-5-9-24(31)10-6-22/h3-12,14-15,19H,2,16-18H2,1H3. The van der Waals surface area contributed by atoms with E-state index >= 15 is 0 Å². The van der Waals surface area contributed by atoms with Crippen LogP contribution >= 0.6 is 0 Å². The minimum absolute atomic E-state index is 0.325. The highest BCUT2D eigenvalue weighted by Crippen LogP contribution is 2.42. The molecule has 0 aliphatic carbocycles. The summed E-state index contributed by atoms with van der Waals surface area (Å²) in [6.07, 6.45) is 5.84. The zero-order chi connectivity index (χ0) is 25.8. The third kappa shape index (κ3) is 5.22. The van der Waals surface area contributed by atoms with Gasteiger partial charge in [0, 0.05) is 60.2 Å². The Morgan fingerprint density at radius 3 is 2.11 bits per heavy atom. The fourth-order valence-corrected chi connectivity index (χ4v) is 4.36. The molecule has 0 bridgehead atoms. The third-order valence-electron chi connectivity index (χ3n) is 6.25. The molecule has 0 saturated carbocycles. The van der Waals surface area contributed by atoms with Gasteiger partial charge >= 0.3 is 0 Å². The second-order valence-electron chi connectivity index (χ2n) is 8.80. The van der Waals surface area contributed by atoms with Crippen LogP contribution in [0.1, 0.15) is 6.42 Å². The fourth-order valence-electron chi connectivity index (χ4n) is 4.36. The van der Waals surface area contributed by atoms with E-state index in [2.05, 4.69) is 16.0 Å². The number of pyridine rings is 2. The molecule has 0 radical (unpaired) electrons. The summed E-state index contributed by atoms with van der Waals surface area (Å²) in [5, 5.41) is 14.4. The molecule has 37 heavy (non-hydrogen) atoms. The SMILES string of the molecule is CN(CCC#N)CCn1cc2c(-c3ccc(F)cc3)c(-c3ccncc3)c(-c3ccc(F)cc3)nc2n1. The van der Waals surface area contributed by atoms with Gasteiger partial charge in [-0.1, -0.05) is 12.1 Å². The highest BCUT2D eigenvalue weighted by Gasteiger charge is 2.22. The van der Waals surface area contributed by atoms with Crippen LogP contribution in [-0.4, -0.2) is 44.8 Å². The second-order valence-corrected chi connectivity index (χ2v) is 8.80. The van der Waals surface area contributed by atoms with E-state index in [9.17, 15) is 8.78 Å². The summed E-state index contributed by atoms with van der Waals surface area (Å²) in [6.45, 7) is 2.00. The molecular weight excluding hydrogens is 470 g/mol. The normalized spacial score (nSPS) is 11.2. The molecule has 0 unspecified atom stereocenters. The highest BCUT2D eigenvalue weighted by molar-refractivity contribution is 6.05. The molecule has 5 rings (SSSR count). The molecule has 0 aliphatic rings. The fraction of sp³-hybridized carbons (Fsp3) is 0.172. The van der Waals surface area contributed by atoms with E-state index < -0.39 is 0 Å². The van der Waals surface area contributed by atoms with Crippen molar-refractivity contribution in [2.75, 3.05) is 20.1 Å². The van der Waals surface area contributed by atoms with Crippen molar-refractivity contribution in [2.45, 2.75) is 13.0 Å². The lowest BCUT2D eigenvalue weighted by Gasteiger charge is -2.16. The van der Waals surface area contributed by atoms with Crippen molar-refractivity contribution in [3.8, 4) is 39.6 Å². The van der Waals surface area contributed by atoms with Gasteiger partial charge in [-0.05, 0) is 66.7 Å². The first-order chi connectivity index (χ1) is 18.0. The number of benzene rings is 2. The Morgan fingerprint density at radius 1 is 0.838 bits per heavy atom. The van der Waals surface area contributed by atoms with Crippen LogP contribution in [0.15, 0.2) is 79.3 Å². The van der Waals surface area contributed by atoms with Crippen LogP contribution < -0.4 is 0 Å². The van der Waals surface area contributed by atoms with Crippen LogP contribution in [0.4, 0.5) is 8.78 Å². The third-order valence-corrected chi connectivity index (χ3v) is 6.25. The first-order valence-electron chi connectivity index (χ1n) is 11.9. The van der Waals surface area contributed by atoms with Gasteiger partial charge in [0.15, 0.2) is 5.65 Å². The largest absolute Gasteiger partial charge is 0.304 e. The molecule has 5 aromatic rings. The van der Waals surface area contributed by atoms with E-state index in [0.29, 0.717) is 37.4 Å².